The zero-order valence-electron chi connectivity index (χ0n) is 11.8. The Labute approximate surface area is 119 Å². The van der Waals surface area contributed by atoms with Crippen molar-refractivity contribution < 1.29 is 10.2 Å². The molecule has 108 valence electrons. The Morgan fingerprint density at radius 1 is 0.650 bits per heavy atom. The first-order valence-corrected chi connectivity index (χ1v) is 6.49. The summed E-state index contributed by atoms with van der Waals surface area (Å²) in [4.78, 5) is 0. The number of rotatable bonds is 2. The zero-order valence-corrected chi connectivity index (χ0v) is 11.8. The van der Waals surface area contributed by atoms with Crippen LogP contribution in [0.3, 0.4) is 0 Å². The molecule has 0 amide bonds. The molecule has 6 N–H and O–H groups in total. The van der Waals surface area contributed by atoms with Crippen LogP contribution in [-0.2, 0) is 0 Å². The summed E-state index contributed by atoms with van der Waals surface area (Å²) in [6.45, 7) is 3.82. The second-order valence-corrected chi connectivity index (χ2v) is 4.76. The molecule has 0 unspecified atom stereocenters. The molecule has 0 aromatic heterocycles. The van der Waals surface area contributed by atoms with Crippen molar-refractivity contribution in [1.29, 1.82) is 0 Å². The van der Waals surface area contributed by atoms with Gasteiger partial charge in [-0.2, -0.15) is 0 Å². The maximum Gasteiger partial charge on any atom is 0.115 e. The van der Waals surface area contributed by atoms with Gasteiger partial charge in [-0.15, -0.1) is 0 Å². The molecule has 0 spiro atoms. The monoisotopic (exact) mass is 274 g/mol. The molecule has 2 rings (SSSR count). The summed E-state index contributed by atoms with van der Waals surface area (Å²) in [6, 6.07) is 13.9. The predicted octanol–water partition coefficient (Wildman–Crippen LogP) is 2.82. The largest absolute Gasteiger partial charge is 0.508 e. The molecule has 4 nitrogen and oxygen atoms in total. The average molecular weight is 274 g/mol. The van der Waals surface area contributed by atoms with Gasteiger partial charge in [-0.1, -0.05) is 24.3 Å². The van der Waals surface area contributed by atoms with Crippen molar-refractivity contribution in [1.82, 2.24) is 0 Å². The van der Waals surface area contributed by atoms with E-state index in [1.54, 1.807) is 24.3 Å². The number of hydrogen-bond donors (Lipinski definition) is 4. The van der Waals surface area contributed by atoms with Gasteiger partial charge in [0.05, 0.1) is 0 Å². The molecular formula is C16H22N2O2. The molecule has 2 atom stereocenters. The molecule has 0 bridgehead atoms. The highest BCUT2D eigenvalue weighted by Gasteiger charge is 1.97. The third kappa shape index (κ3) is 5.30. The number of aromatic hydroxyl groups is 2. The second kappa shape index (κ2) is 7.53. The van der Waals surface area contributed by atoms with Crippen LogP contribution in [0.25, 0.3) is 0 Å². The highest BCUT2D eigenvalue weighted by molar-refractivity contribution is 5.28. The second-order valence-electron chi connectivity index (χ2n) is 4.76. The Bertz CT molecular complexity index is 456. The first kappa shape index (κ1) is 16.0. The van der Waals surface area contributed by atoms with E-state index in [0.29, 0.717) is 0 Å². The number of hydrogen-bond acceptors (Lipinski definition) is 4. The van der Waals surface area contributed by atoms with Gasteiger partial charge in [-0.25, -0.2) is 0 Å². The third-order valence-electron chi connectivity index (χ3n) is 2.84. The average Bonchev–Trinajstić information content (AvgIpc) is 2.40. The van der Waals surface area contributed by atoms with Gasteiger partial charge in [0.1, 0.15) is 11.5 Å². The summed E-state index contributed by atoms with van der Waals surface area (Å²) in [5.74, 6) is 0.564. The van der Waals surface area contributed by atoms with Crippen LogP contribution in [0.5, 0.6) is 11.5 Å². The number of benzene rings is 2. The molecule has 0 fully saturated rings. The Morgan fingerprint density at radius 3 is 1.10 bits per heavy atom. The molecule has 2 aromatic rings. The summed E-state index contributed by atoms with van der Waals surface area (Å²) in [7, 11) is 0. The van der Waals surface area contributed by atoms with Crippen LogP contribution < -0.4 is 11.5 Å². The van der Waals surface area contributed by atoms with E-state index in [0.717, 1.165) is 11.1 Å². The minimum absolute atomic E-state index is 0.0422. The maximum absolute atomic E-state index is 8.90. The normalized spacial score (nSPS) is 13.0. The summed E-state index contributed by atoms with van der Waals surface area (Å²) < 4.78 is 0. The predicted molar refractivity (Wildman–Crippen MR) is 81.4 cm³/mol. The summed E-state index contributed by atoms with van der Waals surface area (Å²) in [6.07, 6.45) is 0. The van der Waals surface area contributed by atoms with Gasteiger partial charge >= 0.3 is 0 Å². The molecule has 20 heavy (non-hydrogen) atoms. The third-order valence-corrected chi connectivity index (χ3v) is 2.84. The first-order chi connectivity index (χ1) is 9.40. The summed E-state index contributed by atoms with van der Waals surface area (Å²) in [5, 5.41) is 17.8. The topological polar surface area (TPSA) is 92.5 Å². The number of nitrogens with two attached hydrogens (primary N) is 2. The molecule has 0 saturated heterocycles. The van der Waals surface area contributed by atoms with Crippen molar-refractivity contribution in [2.24, 2.45) is 11.5 Å². The van der Waals surface area contributed by atoms with E-state index in [1.165, 1.54) is 0 Å². The Hall–Kier alpha value is -2.04. The standard InChI is InChI=1S/2C8H11NO/c2*1-6(9)7-2-4-8(10)5-3-7/h2*2-6,10H,9H2,1H3/t2*6-/m10/s1. The minimum Gasteiger partial charge on any atom is -0.508 e. The quantitative estimate of drug-likeness (QED) is 0.677. The summed E-state index contributed by atoms with van der Waals surface area (Å²) in [5.41, 5.74) is 13.2. The lowest BCUT2D eigenvalue weighted by molar-refractivity contribution is 0.474. The van der Waals surface area contributed by atoms with Crippen LogP contribution in [0, 0.1) is 0 Å². The Morgan fingerprint density at radius 2 is 0.900 bits per heavy atom. The molecule has 0 heterocycles. The molecule has 0 radical (unpaired) electrons. The van der Waals surface area contributed by atoms with E-state index in [4.69, 9.17) is 21.7 Å². The van der Waals surface area contributed by atoms with Crippen molar-refractivity contribution >= 4 is 0 Å². The van der Waals surface area contributed by atoms with Crippen molar-refractivity contribution in [3.05, 3.63) is 59.7 Å². The van der Waals surface area contributed by atoms with E-state index >= 15 is 0 Å². The van der Waals surface area contributed by atoms with Crippen LogP contribution in [0.1, 0.15) is 37.1 Å². The number of phenols is 2. The molecule has 0 aliphatic heterocycles. The van der Waals surface area contributed by atoms with Crippen molar-refractivity contribution in [2.75, 3.05) is 0 Å². The Balaban J connectivity index is 0.000000200. The SMILES string of the molecule is C[C@@H](N)c1ccc(O)cc1.C[C@H](N)c1ccc(O)cc1. The molecule has 0 saturated carbocycles. The van der Waals surface area contributed by atoms with Crippen LogP contribution >= 0.6 is 0 Å². The molecule has 2 aromatic carbocycles. The molecule has 0 aliphatic carbocycles. The van der Waals surface area contributed by atoms with Crippen molar-refractivity contribution in [2.45, 2.75) is 25.9 Å². The first-order valence-electron chi connectivity index (χ1n) is 6.49. The molecular weight excluding hydrogens is 252 g/mol. The smallest absolute Gasteiger partial charge is 0.115 e. The summed E-state index contributed by atoms with van der Waals surface area (Å²) >= 11 is 0. The lowest BCUT2D eigenvalue weighted by atomic mass is 10.1. The van der Waals surface area contributed by atoms with Crippen molar-refractivity contribution in [3.8, 4) is 11.5 Å². The van der Waals surface area contributed by atoms with E-state index in [9.17, 15) is 0 Å². The Kier molecular flexibility index (Phi) is 6.03. The number of phenolic OH excluding ortho intramolecular Hbond substituents is 2. The van der Waals surface area contributed by atoms with Crippen LogP contribution in [0.2, 0.25) is 0 Å². The van der Waals surface area contributed by atoms with Gasteiger partial charge in [0, 0.05) is 12.1 Å². The van der Waals surface area contributed by atoms with Gasteiger partial charge in [0.15, 0.2) is 0 Å². The van der Waals surface area contributed by atoms with Gasteiger partial charge in [-0.05, 0) is 49.2 Å². The highest BCUT2D eigenvalue weighted by Crippen LogP contribution is 2.14. The fourth-order valence-corrected chi connectivity index (χ4v) is 1.56. The van der Waals surface area contributed by atoms with E-state index in [1.807, 2.05) is 38.1 Å². The van der Waals surface area contributed by atoms with Crippen LogP contribution in [-0.4, -0.2) is 10.2 Å². The van der Waals surface area contributed by atoms with Crippen molar-refractivity contribution in [3.63, 3.8) is 0 Å². The van der Waals surface area contributed by atoms with Crippen LogP contribution in [0.15, 0.2) is 48.5 Å². The van der Waals surface area contributed by atoms with Gasteiger partial charge in [0.2, 0.25) is 0 Å². The maximum atomic E-state index is 8.90. The van der Waals surface area contributed by atoms with Crippen LogP contribution in [0.4, 0.5) is 0 Å². The van der Waals surface area contributed by atoms with Gasteiger partial charge < -0.3 is 21.7 Å². The van der Waals surface area contributed by atoms with E-state index in [-0.39, 0.29) is 23.6 Å². The van der Waals surface area contributed by atoms with E-state index in [2.05, 4.69) is 0 Å². The zero-order chi connectivity index (χ0) is 15.1. The lowest BCUT2D eigenvalue weighted by Crippen LogP contribution is -2.03. The van der Waals surface area contributed by atoms with E-state index < -0.39 is 0 Å². The van der Waals surface area contributed by atoms with Gasteiger partial charge in [-0.3, -0.25) is 0 Å². The fraction of sp³-hybridized carbons (Fsp3) is 0.250. The molecule has 0 aliphatic rings. The highest BCUT2D eigenvalue weighted by atomic mass is 16.3. The lowest BCUT2D eigenvalue weighted by Gasteiger charge is -2.03. The molecule has 4 heteroatoms. The fourth-order valence-electron chi connectivity index (χ4n) is 1.56. The van der Waals surface area contributed by atoms with Gasteiger partial charge in [0.25, 0.3) is 0 Å². The minimum atomic E-state index is 0.0422.